The van der Waals surface area contributed by atoms with Crippen LogP contribution in [0.1, 0.15) is 28.8 Å². The highest BCUT2D eigenvalue weighted by molar-refractivity contribution is 7.10. The van der Waals surface area contributed by atoms with Gasteiger partial charge in [0.1, 0.15) is 17.3 Å². The number of rotatable bonds is 3. The maximum atomic E-state index is 6.28. The van der Waals surface area contributed by atoms with Gasteiger partial charge in [-0.1, -0.05) is 24.3 Å². The molecule has 0 saturated carbocycles. The Kier molecular flexibility index (Phi) is 3.87. The van der Waals surface area contributed by atoms with Crippen molar-refractivity contribution in [2.75, 3.05) is 7.11 Å². The number of ether oxygens (including phenoxy) is 2. The second kappa shape index (κ2) is 6.17. The maximum absolute atomic E-state index is 6.28. The minimum Gasteiger partial charge on any atom is -0.497 e. The first-order valence-electron chi connectivity index (χ1n) is 7.93. The van der Waals surface area contributed by atoms with Crippen LogP contribution in [0, 0.1) is 0 Å². The van der Waals surface area contributed by atoms with Crippen LogP contribution in [-0.2, 0) is 0 Å². The molecule has 0 saturated heterocycles. The van der Waals surface area contributed by atoms with Crippen molar-refractivity contribution >= 4 is 17.1 Å². The lowest BCUT2D eigenvalue weighted by atomic mass is 9.86. The molecule has 24 heavy (non-hydrogen) atoms. The van der Waals surface area contributed by atoms with E-state index in [9.17, 15) is 0 Å². The van der Waals surface area contributed by atoms with Gasteiger partial charge in [-0.25, -0.2) is 0 Å². The van der Waals surface area contributed by atoms with E-state index in [-0.39, 0.29) is 5.92 Å². The van der Waals surface area contributed by atoms with Crippen molar-refractivity contribution < 1.29 is 9.47 Å². The molecule has 2 heterocycles. The summed E-state index contributed by atoms with van der Waals surface area (Å²) in [6, 6.07) is 20.7. The van der Waals surface area contributed by atoms with E-state index in [1.165, 1.54) is 16.0 Å². The topological polar surface area (TPSA) is 18.5 Å². The first kappa shape index (κ1) is 15.0. The molecule has 0 fully saturated rings. The molecule has 0 bridgehead atoms. The minimum atomic E-state index is 0.243. The summed E-state index contributed by atoms with van der Waals surface area (Å²) in [6.07, 6.45) is 0. The zero-order chi connectivity index (χ0) is 16.5. The first-order valence-corrected chi connectivity index (χ1v) is 8.81. The van der Waals surface area contributed by atoms with Crippen molar-refractivity contribution in [1.82, 2.24) is 0 Å². The molecular weight excluding hydrogens is 316 g/mol. The van der Waals surface area contributed by atoms with Crippen LogP contribution < -0.4 is 9.47 Å². The molecule has 0 amide bonds. The van der Waals surface area contributed by atoms with E-state index in [1.54, 1.807) is 18.4 Å². The third-order valence-electron chi connectivity index (χ3n) is 4.41. The fourth-order valence-corrected chi connectivity index (χ4v) is 4.13. The van der Waals surface area contributed by atoms with Crippen LogP contribution in [0.25, 0.3) is 5.76 Å². The lowest BCUT2D eigenvalue weighted by Crippen LogP contribution is -2.14. The van der Waals surface area contributed by atoms with Crippen molar-refractivity contribution in [1.29, 1.82) is 0 Å². The standard InChI is InChI=1S/C21H18O2S/c1-14-20(19-8-5-13-24-19)17-6-3-4-7-18(17)23-21(14)15-9-11-16(22-2)12-10-15/h3-13,20H,1-2H3/t20-/m1/s1. The molecule has 0 radical (unpaired) electrons. The van der Waals surface area contributed by atoms with E-state index >= 15 is 0 Å². The Hall–Kier alpha value is -2.52. The van der Waals surface area contributed by atoms with Crippen LogP contribution in [0.15, 0.2) is 71.6 Å². The van der Waals surface area contributed by atoms with Crippen LogP contribution in [-0.4, -0.2) is 7.11 Å². The van der Waals surface area contributed by atoms with Crippen molar-refractivity contribution in [3.05, 3.63) is 87.6 Å². The Morgan fingerprint density at radius 3 is 2.46 bits per heavy atom. The Morgan fingerprint density at radius 1 is 0.958 bits per heavy atom. The third-order valence-corrected chi connectivity index (χ3v) is 5.35. The summed E-state index contributed by atoms with van der Waals surface area (Å²) in [6.45, 7) is 2.17. The Morgan fingerprint density at radius 2 is 1.75 bits per heavy atom. The summed E-state index contributed by atoms with van der Waals surface area (Å²) in [5.74, 6) is 2.97. The van der Waals surface area contributed by atoms with Gasteiger partial charge in [-0.05, 0) is 54.3 Å². The summed E-state index contributed by atoms with van der Waals surface area (Å²) in [5.41, 5.74) is 3.54. The van der Waals surface area contributed by atoms with Gasteiger partial charge in [0, 0.05) is 21.9 Å². The number of fused-ring (bicyclic) bond motifs is 1. The summed E-state index contributed by atoms with van der Waals surface area (Å²) in [7, 11) is 1.68. The molecule has 3 heteroatoms. The second-order valence-electron chi connectivity index (χ2n) is 5.83. The van der Waals surface area contributed by atoms with E-state index in [1.807, 2.05) is 24.3 Å². The molecule has 4 rings (SSSR count). The molecule has 0 N–H and O–H groups in total. The number of hydrogen-bond donors (Lipinski definition) is 0. The number of thiophene rings is 1. The summed E-state index contributed by atoms with van der Waals surface area (Å²) < 4.78 is 11.5. The largest absolute Gasteiger partial charge is 0.497 e. The second-order valence-corrected chi connectivity index (χ2v) is 6.81. The zero-order valence-electron chi connectivity index (χ0n) is 13.7. The fourth-order valence-electron chi connectivity index (χ4n) is 3.22. The van der Waals surface area contributed by atoms with E-state index in [0.29, 0.717) is 0 Å². The lowest BCUT2D eigenvalue weighted by Gasteiger charge is -2.29. The SMILES string of the molecule is COc1ccc(C2=C(C)[C@@H](c3cccs3)c3ccccc3O2)cc1. The minimum absolute atomic E-state index is 0.243. The van der Waals surface area contributed by atoms with E-state index in [2.05, 4.69) is 48.7 Å². The van der Waals surface area contributed by atoms with E-state index < -0.39 is 0 Å². The van der Waals surface area contributed by atoms with E-state index in [0.717, 1.165) is 22.8 Å². The van der Waals surface area contributed by atoms with Gasteiger partial charge < -0.3 is 9.47 Å². The van der Waals surface area contributed by atoms with E-state index in [4.69, 9.17) is 9.47 Å². The molecule has 1 atom stereocenters. The number of allylic oxidation sites excluding steroid dienone is 1. The van der Waals surface area contributed by atoms with Gasteiger partial charge in [0.15, 0.2) is 0 Å². The van der Waals surface area contributed by atoms with Gasteiger partial charge in [-0.15, -0.1) is 11.3 Å². The highest BCUT2D eigenvalue weighted by Gasteiger charge is 2.29. The Labute approximate surface area is 146 Å². The average molecular weight is 334 g/mol. The molecule has 1 aliphatic rings. The van der Waals surface area contributed by atoms with Crippen LogP contribution in [0.5, 0.6) is 11.5 Å². The Bertz CT molecular complexity index is 876. The molecule has 120 valence electrons. The number of para-hydroxylation sites is 1. The van der Waals surface area contributed by atoms with Gasteiger partial charge in [0.2, 0.25) is 0 Å². The van der Waals surface area contributed by atoms with Crippen molar-refractivity contribution in [3.8, 4) is 11.5 Å². The number of methoxy groups -OCH3 is 1. The molecule has 0 aliphatic carbocycles. The molecular formula is C21H18O2S. The normalized spacial score (nSPS) is 16.5. The van der Waals surface area contributed by atoms with Crippen molar-refractivity contribution in [2.45, 2.75) is 12.8 Å². The predicted molar refractivity (Wildman–Crippen MR) is 98.8 cm³/mol. The van der Waals surface area contributed by atoms with Gasteiger partial charge in [-0.3, -0.25) is 0 Å². The number of hydrogen-bond acceptors (Lipinski definition) is 3. The molecule has 1 aliphatic heterocycles. The third kappa shape index (κ3) is 2.51. The van der Waals surface area contributed by atoms with Gasteiger partial charge in [-0.2, -0.15) is 0 Å². The molecule has 3 aromatic rings. The fraction of sp³-hybridized carbons (Fsp3) is 0.143. The average Bonchev–Trinajstić information content (AvgIpc) is 3.15. The van der Waals surface area contributed by atoms with Crippen LogP contribution in [0.3, 0.4) is 0 Å². The molecule has 1 aromatic heterocycles. The smallest absolute Gasteiger partial charge is 0.134 e. The molecule has 2 nitrogen and oxygen atoms in total. The summed E-state index contributed by atoms with van der Waals surface area (Å²) >= 11 is 1.79. The first-order chi connectivity index (χ1) is 11.8. The Balaban J connectivity index is 1.86. The van der Waals surface area contributed by atoms with Crippen LogP contribution in [0.2, 0.25) is 0 Å². The van der Waals surface area contributed by atoms with Gasteiger partial charge >= 0.3 is 0 Å². The molecule has 0 spiro atoms. The quantitative estimate of drug-likeness (QED) is 0.610. The summed E-state index contributed by atoms with van der Waals surface area (Å²) in [4.78, 5) is 1.34. The highest BCUT2D eigenvalue weighted by atomic mass is 32.1. The van der Waals surface area contributed by atoms with Gasteiger partial charge in [0.05, 0.1) is 7.11 Å². The lowest BCUT2D eigenvalue weighted by molar-refractivity contribution is 0.414. The van der Waals surface area contributed by atoms with Crippen molar-refractivity contribution in [2.24, 2.45) is 0 Å². The zero-order valence-corrected chi connectivity index (χ0v) is 14.5. The van der Waals surface area contributed by atoms with Gasteiger partial charge in [0.25, 0.3) is 0 Å². The number of benzene rings is 2. The maximum Gasteiger partial charge on any atom is 0.134 e. The highest BCUT2D eigenvalue weighted by Crippen LogP contribution is 2.46. The van der Waals surface area contributed by atoms with Crippen LogP contribution >= 0.6 is 11.3 Å². The van der Waals surface area contributed by atoms with Crippen LogP contribution in [0.4, 0.5) is 0 Å². The monoisotopic (exact) mass is 334 g/mol. The molecule has 2 aromatic carbocycles. The molecule has 0 unspecified atom stereocenters. The predicted octanol–water partition coefficient (Wildman–Crippen LogP) is 5.71. The van der Waals surface area contributed by atoms with Crippen molar-refractivity contribution in [3.63, 3.8) is 0 Å². The summed E-state index contributed by atoms with van der Waals surface area (Å²) in [5, 5.41) is 2.13.